The zero-order valence-corrected chi connectivity index (χ0v) is 10.2. The first-order valence-electron chi connectivity index (χ1n) is 5.81. The van der Waals surface area contributed by atoms with Crippen molar-refractivity contribution in [3.8, 4) is 0 Å². The Morgan fingerprint density at radius 1 is 1.47 bits per heavy atom. The molecule has 0 radical (unpaired) electrons. The van der Waals surface area contributed by atoms with Crippen molar-refractivity contribution in [2.45, 2.75) is 45.1 Å². The number of carboxylic acids is 1. The second-order valence-corrected chi connectivity index (χ2v) is 5.08. The Labute approximate surface area is 100 Å². The second kappa shape index (κ2) is 4.31. The van der Waals surface area contributed by atoms with Crippen molar-refractivity contribution in [1.82, 2.24) is 9.97 Å². The lowest BCUT2D eigenvalue weighted by Crippen LogP contribution is -2.34. The Hall–Kier alpha value is -1.65. The maximum atomic E-state index is 10.8. The molecule has 0 bridgehead atoms. The number of nitrogens with one attached hydrogen (secondary N) is 1. The standard InChI is InChI=1S/C12H17N3O2/c1-12(2,6-10(16)17)15-11-8-4-3-5-9(8)13-7-14-11/h7H,3-6H2,1-2H3,(H,16,17)(H,13,14,15). The number of hydrogen-bond donors (Lipinski definition) is 2. The normalized spacial score (nSPS) is 14.5. The molecule has 92 valence electrons. The molecule has 5 heteroatoms. The summed E-state index contributed by atoms with van der Waals surface area (Å²) in [4.78, 5) is 19.2. The molecule has 0 spiro atoms. The predicted octanol–water partition coefficient (Wildman–Crippen LogP) is 1.63. The van der Waals surface area contributed by atoms with Crippen LogP contribution >= 0.6 is 0 Å². The summed E-state index contributed by atoms with van der Waals surface area (Å²) in [5, 5.41) is 12.1. The first-order chi connectivity index (χ1) is 7.98. The lowest BCUT2D eigenvalue weighted by Gasteiger charge is -2.26. The fraction of sp³-hybridized carbons (Fsp3) is 0.583. The van der Waals surface area contributed by atoms with Crippen molar-refractivity contribution in [3.05, 3.63) is 17.6 Å². The van der Waals surface area contributed by atoms with E-state index in [9.17, 15) is 4.79 Å². The highest BCUT2D eigenvalue weighted by molar-refractivity contribution is 5.69. The Kier molecular flexibility index (Phi) is 3.00. The van der Waals surface area contributed by atoms with Gasteiger partial charge in [-0.2, -0.15) is 0 Å². The minimum atomic E-state index is -0.812. The van der Waals surface area contributed by atoms with Crippen LogP contribution in [0.25, 0.3) is 0 Å². The molecule has 0 fully saturated rings. The number of carboxylic acid groups (broad SMARTS) is 1. The molecule has 0 saturated carbocycles. The number of fused-ring (bicyclic) bond motifs is 1. The van der Waals surface area contributed by atoms with E-state index >= 15 is 0 Å². The Bertz CT molecular complexity index is 443. The number of rotatable bonds is 4. The van der Waals surface area contributed by atoms with Gasteiger partial charge in [-0.15, -0.1) is 0 Å². The van der Waals surface area contributed by atoms with Gasteiger partial charge >= 0.3 is 5.97 Å². The molecule has 0 amide bonds. The van der Waals surface area contributed by atoms with Crippen LogP contribution in [0.3, 0.4) is 0 Å². The van der Waals surface area contributed by atoms with Crippen molar-refractivity contribution >= 4 is 11.8 Å². The van der Waals surface area contributed by atoms with Crippen LogP contribution in [0.2, 0.25) is 0 Å². The smallest absolute Gasteiger partial charge is 0.305 e. The Morgan fingerprint density at radius 2 is 2.24 bits per heavy atom. The largest absolute Gasteiger partial charge is 0.481 e. The van der Waals surface area contributed by atoms with Gasteiger partial charge in [0.05, 0.1) is 6.42 Å². The number of hydrogen-bond acceptors (Lipinski definition) is 4. The molecule has 0 aromatic carbocycles. The summed E-state index contributed by atoms with van der Waals surface area (Å²) in [6.07, 6.45) is 4.67. The van der Waals surface area contributed by atoms with Crippen molar-refractivity contribution in [1.29, 1.82) is 0 Å². The molecule has 0 aliphatic heterocycles. The van der Waals surface area contributed by atoms with Crippen LogP contribution in [0.1, 0.15) is 37.9 Å². The van der Waals surface area contributed by atoms with Gasteiger partial charge < -0.3 is 10.4 Å². The van der Waals surface area contributed by atoms with E-state index in [2.05, 4.69) is 15.3 Å². The van der Waals surface area contributed by atoms with Crippen LogP contribution in [0.5, 0.6) is 0 Å². The number of aliphatic carboxylic acids is 1. The van der Waals surface area contributed by atoms with E-state index in [0.717, 1.165) is 36.3 Å². The fourth-order valence-electron chi connectivity index (χ4n) is 2.21. The molecule has 1 aliphatic rings. The van der Waals surface area contributed by atoms with Gasteiger partial charge in [0.25, 0.3) is 0 Å². The molecular formula is C12H17N3O2. The molecule has 1 aromatic rings. The zero-order chi connectivity index (χ0) is 12.5. The summed E-state index contributed by atoms with van der Waals surface area (Å²) in [6.45, 7) is 3.73. The highest BCUT2D eigenvalue weighted by Crippen LogP contribution is 2.27. The molecule has 2 N–H and O–H groups in total. The lowest BCUT2D eigenvalue weighted by atomic mass is 10.0. The van der Waals surface area contributed by atoms with E-state index in [1.54, 1.807) is 6.33 Å². The molecule has 2 rings (SSSR count). The number of aryl methyl sites for hydroxylation is 1. The van der Waals surface area contributed by atoms with Gasteiger partial charge in [0.1, 0.15) is 12.1 Å². The first kappa shape index (κ1) is 11.8. The fourth-order valence-corrected chi connectivity index (χ4v) is 2.21. The first-order valence-corrected chi connectivity index (χ1v) is 5.81. The molecule has 1 heterocycles. The van der Waals surface area contributed by atoms with Gasteiger partial charge in [-0.1, -0.05) is 0 Å². The topological polar surface area (TPSA) is 75.1 Å². The molecule has 0 atom stereocenters. The lowest BCUT2D eigenvalue weighted by molar-refractivity contribution is -0.137. The summed E-state index contributed by atoms with van der Waals surface area (Å²) >= 11 is 0. The molecule has 0 saturated heterocycles. The zero-order valence-electron chi connectivity index (χ0n) is 10.2. The Morgan fingerprint density at radius 3 is 2.94 bits per heavy atom. The average Bonchev–Trinajstić information content (AvgIpc) is 2.63. The third-order valence-corrected chi connectivity index (χ3v) is 2.92. The van der Waals surface area contributed by atoms with Crippen LogP contribution in [-0.4, -0.2) is 26.6 Å². The van der Waals surface area contributed by atoms with Gasteiger partial charge in [0, 0.05) is 16.8 Å². The van der Waals surface area contributed by atoms with E-state index in [4.69, 9.17) is 5.11 Å². The second-order valence-electron chi connectivity index (χ2n) is 5.08. The van der Waals surface area contributed by atoms with Crippen molar-refractivity contribution in [2.24, 2.45) is 0 Å². The van der Waals surface area contributed by atoms with Crippen molar-refractivity contribution in [3.63, 3.8) is 0 Å². The summed E-state index contributed by atoms with van der Waals surface area (Å²) in [6, 6.07) is 0. The quantitative estimate of drug-likeness (QED) is 0.829. The number of nitrogens with zero attached hydrogens (tertiary/aromatic N) is 2. The summed E-state index contributed by atoms with van der Waals surface area (Å²) in [5.74, 6) is -0.0213. The molecule has 5 nitrogen and oxygen atoms in total. The summed E-state index contributed by atoms with van der Waals surface area (Å²) in [7, 11) is 0. The summed E-state index contributed by atoms with van der Waals surface area (Å²) in [5.41, 5.74) is 1.73. The van der Waals surface area contributed by atoms with Crippen LogP contribution in [0.15, 0.2) is 6.33 Å². The molecular weight excluding hydrogens is 218 g/mol. The monoisotopic (exact) mass is 235 g/mol. The maximum absolute atomic E-state index is 10.8. The van der Waals surface area contributed by atoms with E-state index in [0.29, 0.717) is 0 Å². The van der Waals surface area contributed by atoms with Crippen LogP contribution < -0.4 is 5.32 Å². The SMILES string of the molecule is CC(C)(CC(=O)O)Nc1ncnc2c1CCC2. The van der Waals surface area contributed by atoms with Gasteiger partial charge in [0.2, 0.25) is 0 Å². The van der Waals surface area contributed by atoms with Crippen LogP contribution in [-0.2, 0) is 17.6 Å². The highest BCUT2D eigenvalue weighted by Gasteiger charge is 2.25. The maximum Gasteiger partial charge on any atom is 0.305 e. The van der Waals surface area contributed by atoms with Gasteiger partial charge in [-0.25, -0.2) is 9.97 Å². The van der Waals surface area contributed by atoms with Crippen LogP contribution in [0, 0.1) is 0 Å². The van der Waals surface area contributed by atoms with Crippen molar-refractivity contribution in [2.75, 3.05) is 5.32 Å². The highest BCUT2D eigenvalue weighted by atomic mass is 16.4. The number of aromatic nitrogens is 2. The predicted molar refractivity (Wildman–Crippen MR) is 64.0 cm³/mol. The van der Waals surface area contributed by atoms with Crippen molar-refractivity contribution < 1.29 is 9.90 Å². The number of anilines is 1. The van der Waals surface area contributed by atoms with Crippen LogP contribution in [0.4, 0.5) is 5.82 Å². The van der Waals surface area contributed by atoms with E-state index in [1.807, 2.05) is 13.8 Å². The third kappa shape index (κ3) is 2.72. The minimum Gasteiger partial charge on any atom is -0.481 e. The third-order valence-electron chi connectivity index (χ3n) is 2.92. The summed E-state index contributed by atoms with van der Waals surface area (Å²) < 4.78 is 0. The van der Waals surface area contributed by atoms with E-state index in [1.165, 1.54) is 0 Å². The van der Waals surface area contributed by atoms with E-state index in [-0.39, 0.29) is 6.42 Å². The van der Waals surface area contributed by atoms with E-state index < -0.39 is 11.5 Å². The molecule has 1 aliphatic carbocycles. The van der Waals surface area contributed by atoms with Gasteiger partial charge in [-0.05, 0) is 33.1 Å². The number of carbonyl (C=O) groups is 1. The molecule has 17 heavy (non-hydrogen) atoms. The average molecular weight is 235 g/mol. The molecule has 1 aromatic heterocycles. The minimum absolute atomic E-state index is 0.0613. The molecule has 0 unspecified atom stereocenters. The van der Waals surface area contributed by atoms with Gasteiger partial charge in [-0.3, -0.25) is 4.79 Å². The van der Waals surface area contributed by atoms with Gasteiger partial charge in [0.15, 0.2) is 0 Å². The Balaban J connectivity index is 2.19.